The summed E-state index contributed by atoms with van der Waals surface area (Å²) in [5.41, 5.74) is 2.59. The lowest BCUT2D eigenvalue weighted by Crippen LogP contribution is -2.37. The molecule has 0 saturated heterocycles. The standard InChI is InChI=1S/C18H14Cl2N2O/c19-15-7-6-12(10-16(15)20)13-8-9-21-17(11-13)18(23)22-14-4-2-1-3-5-14/h1-11,17,21H,(H,22,23). The highest BCUT2D eigenvalue weighted by atomic mass is 35.5. The lowest BCUT2D eigenvalue weighted by atomic mass is 10.0. The second-order valence-electron chi connectivity index (χ2n) is 5.08. The molecule has 0 fully saturated rings. The second-order valence-corrected chi connectivity index (χ2v) is 5.90. The zero-order valence-corrected chi connectivity index (χ0v) is 13.6. The van der Waals surface area contributed by atoms with E-state index < -0.39 is 6.04 Å². The minimum Gasteiger partial charge on any atom is -0.376 e. The van der Waals surface area contributed by atoms with Gasteiger partial charge in [-0.15, -0.1) is 0 Å². The number of halogens is 2. The van der Waals surface area contributed by atoms with Crippen molar-refractivity contribution in [3.63, 3.8) is 0 Å². The predicted octanol–water partition coefficient (Wildman–Crippen LogP) is 4.50. The summed E-state index contributed by atoms with van der Waals surface area (Å²) in [6, 6.07) is 14.3. The molecule has 1 atom stereocenters. The van der Waals surface area contributed by atoms with E-state index in [0.29, 0.717) is 10.0 Å². The SMILES string of the molecule is O=C(Nc1ccccc1)C1C=C(c2ccc(Cl)c(Cl)c2)C=CN1. The number of anilines is 1. The number of amides is 1. The average Bonchev–Trinajstić information content (AvgIpc) is 2.58. The van der Waals surface area contributed by atoms with Gasteiger partial charge < -0.3 is 10.6 Å². The first kappa shape index (κ1) is 15.7. The van der Waals surface area contributed by atoms with Gasteiger partial charge in [-0.05, 0) is 53.8 Å². The molecule has 2 aromatic carbocycles. The van der Waals surface area contributed by atoms with Gasteiger partial charge in [0.05, 0.1) is 10.0 Å². The fourth-order valence-electron chi connectivity index (χ4n) is 2.29. The van der Waals surface area contributed by atoms with E-state index in [1.54, 1.807) is 18.3 Å². The van der Waals surface area contributed by atoms with E-state index in [1.807, 2.05) is 48.6 Å². The minimum atomic E-state index is -0.454. The minimum absolute atomic E-state index is 0.127. The average molecular weight is 345 g/mol. The Labute approximate surface area is 144 Å². The molecule has 0 saturated carbocycles. The Bertz CT molecular complexity index is 785. The monoisotopic (exact) mass is 344 g/mol. The Morgan fingerprint density at radius 2 is 1.83 bits per heavy atom. The molecule has 0 spiro atoms. The molecule has 3 nitrogen and oxygen atoms in total. The van der Waals surface area contributed by atoms with Crippen molar-refractivity contribution < 1.29 is 4.79 Å². The molecule has 0 bridgehead atoms. The highest BCUT2D eigenvalue weighted by Gasteiger charge is 2.18. The van der Waals surface area contributed by atoms with Crippen molar-refractivity contribution in [1.29, 1.82) is 0 Å². The molecule has 5 heteroatoms. The summed E-state index contributed by atoms with van der Waals surface area (Å²) in [5, 5.41) is 6.91. The van der Waals surface area contributed by atoms with Gasteiger partial charge in [-0.3, -0.25) is 4.79 Å². The zero-order chi connectivity index (χ0) is 16.2. The van der Waals surface area contributed by atoms with E-state index in [9.17, 15) is 4.79 Å². The van der Waals surface area contributed by atoms with Crippen LogP contribution in [-0.2, 0) is 4.79 Å². The molecule has 3 rings (SSSR count). The van der Waals surface area contributed by atoms with Crippen molar-refractivity contribution in [2.45, 2.75) is 6.04 Å². The van der Waals surface area contributed by atoms with Gasteiger partial charge in [0.1, 0.15) is 6.04 Å². The summed E-state index contributed by atoms with van der Waals surface area (Å²) in [6.07, 6.45) is 5.51. The Morgan fingerprint density at radius 3 is 2.57 bits per heavy atom. The smallest absolute Gasteiger partial charge is 0.250 e. The molecule has 2 aromatic rings. The number of rotatable bonds is 3. The van der Waals surface area contributed by atoms with Gasteiger partial charge >= 0.3 is 0 Å². The van der Waals surface area contributed by atoms with Gasteiger partial charge in [0, 0.05) is 5.69 Å². The quantitative estimate of drug-likeness (QED) is 0.860. The molecular weight excluding hydrogens is 331 g/mol. The summed E-state index contributed by atoms with van der Waals surface area (Å²) in [5.74, 6) is -0.127. The zero-order valence-electron chi connectivity index (χ0n) is 12.1. The van der Waals surface area contributed by atoms with Crippen molar-refractivity contribution in [2.24, 2.45) is 0 Å². The first-order valence-corrected chi connectivity index (χ1v) is 7.85. The predicted molar refractivity (Wildman–Crippen MR) is 95.6 cm³/mol. The second kappa shape index (κ2) is 6.90. The maximum Gasteiger partial charge on any atom is 0.250 e. The maximum atomic E-state index is 12.4. The number of allylic oxidation sites excluding steroid dienone is 2. The van der Waals surface area contributed by atoms with Crippen LogP contribution in [0.5, 0.6) is 0 Å². The molecule has 1 amide bonds. The molecule has 1 heterocycles. The van der Waals surface area contributed by atoms with E-state index in [-0.39, 0.29) is 5.91 Å². The molecule has 0 radical (unpaired) electrons. The normalized spacial score (nSPS) is 16.4. The highest BCUT2D eigenvalue weighted by molar-refractivity contribution is 6.42. The lowest BCUT2D eigenvalue weighted by Gasteiger charge is -2.19. The molecule has 0 aliphatic carbocycles. The topological polar surface area (TPSA) is 41.1 Å². The Balaban J connectivity index is 1.79. The van der Waals surface area contributed by atoms with E-state index in [1.165, 1.54) is 0 Å². The third-order valence-electron chi connectivity index (χ3n) is 3.46. The van der Waals surface area contributed by atoms with Crippen LogP contribution < -0.4 is 10.6 Å². The number of benzene rings is 2. The van der Waals surface area contributed by atoms with Crippen LogP contribution in [0.25, 0.3) is 5.57 Å². The molecule has 116 valence electrons. The summed E-state index contributed by atoms with van der Waals surface area (Å²) in [6.45, 7) is 0. The van der Waals surface area contributed by atoms with Crippen LogP contribution in [0.3, 0.4) is 0 Å². The fraction of sp³-hybridized carbons (Fsp3) is 0.0556. The van der Waals surface area contributed by atoms with Crippen LogP contribution in [0, 0.1) is 0 Å². The van der Waals surface area contributed by atoms with Gasteiger partial charge in [-0.1, -0.05) is 47.5 Å². The van der Waals surface area contributed by atoms with Gasteiger partial charge in [-0.2, -0.15) is 0 Å². The third kappa shape index (κ3) is 3.76. The molecule has 1 unspecified atom stereocenters. The maximum absolute atomic E-state index is 12.4. The molecule has 1 aliphatic heterocycles. The van der Waals surface area contributed by atoms with Gasteiger partial charge in [0.2, 0.25) is 0 Å². The van der Waals surface area contributed by atoms with Crippen LogP contribution in [-0.4, -0.2) is 11.9 Å². The van der Waals surface area contributed by atoms with Crippen LogP contribution in [0.2, 0.25) is 10.0 Å². The number of nitrogens with one attached hydrogen (secondary N) is 2. The van der Waals surface area contributed by atoms with E-state index >= 15 is 0 Å². The van der Waals surface area contributed by atoms with Gasteiger partial charge in [-0.25, -0.2) is 0 Å². The number of dihydropyridines is 1. The summed E-state index contributed by atoms with van der Waals surface area (Å²) >= 11 is 12.0. The lowest BCUT2D eigenvalue weighted by molar-refractivity contribution is -0.116. The Morgan fingerprint density at radius 1 is 1.04 bits per heavy atom. The van der Waals surface area contributed by atoms with Crippen LogP contribution in [0.4, 0.5) is 5.69 Å². The first-order chi connectivity index (χ1) is 11.1. The van der Waals surface area contributed by atoms with Crippen LogP contribution in [0.1, 0.15) is 5.56 Å². The van der Waals surface area contributed by atoms with Crippen LogP contribution in [0.15, 0.2) is 66.9 Å². The summed E-state index contributed by atoms with van der Waals surface area (Å²) < 4.78 is 0. The van der Waals surface area contributed by atoms with Gasteiger partial charge in [0.15, 0.2) is 0 Å². The van der Waals surface area contributed by atoms with Crippen molar-refractivity contribution in [3.8, 4) is 0 Å². The number of carbonyl (C=O) groups is 1. The van der Waals surface area contributed by atoms with Crippen LogP contribution >= 0.6 is 23.2 Å². The molecule has 0 aromatic heterocycles. The number of hydrogen-bond donors (Lipinski definition) is 2. The largest absolute Gasteiger partial charge is 0.376 e. The summed E-state index contributed by atoms with van der Waals surface area (Å²) in [4.78, 5) is 12.4. The Hall–Kier alpha value is -2.23. The fourth-order valence-corrected chi connectivity index (χ4v) is 2.58. The number of hydrogen-bond acceptors (Lipinski definition) is 2. The van der Waals surface area contributed by atoms with Crippen molar-refractivity contribution >= 4 is 40.4 Å². The van der Waals surface area contributed by atoms with E-state index in [4.69, 9.17) is 23.2 Å². The molecule has 23 heavy (non-hydrogen) atoms. The summed E-state index contributed by atoms with van der Waals surface area (Å²) in [7, 11) is 0. The van der Waals surface area contributed by atoms with E-state index in [2.05, 4.69) is 10.6 Å². The number of carbonyl (C=O) groups excluding carboxylic acids is 1. The van der Waals surface area contributed by atoms with Crippen molar-refractivity contribution in [1.82, 2.24) is 5.32 Å². The Kier molecular flexibility index (Phi) is 4.70. The van der Waals surface area contributed by atoms with Crippen molar-refractivity contribution in [2.75, 3.05) is 5.32 Å². The van der Waals surface area contributed by atoms with Gasteiger partial charge in [0.25, 0.3) is 5.91 Å². The molecule has 1 aliphatic rings. The number of para-hydroxylation sites is 1. The van der Waals surface area contributed by atoms with E-state index in [0.717, 1.165) is 16.8 Å². The first-order valence-electron chi connectivity index (χ1n) is 7.09. The highest BCUT2D eigenvalue weighted by Crippen LogP contribution is 2.27. The van der Waals surface area contributed by atoms with Crippen molar-refractivity contribution in [3.05, 3.63) is 82.5 Å². The molecule has 2 N–H and O–H groups in total. The molecular formula is C18H14Cl2N2O. The third-order valence-corrected chi connectivity index (χ3v) is 4.20.